The zero-order valence-electron chi connectivity index (χ0n) is 14.6. The van der Waals surface area contributed by atoms with Crippen LogP contribution in [-0.2, 0) is 6.54 Å². The van der Waals surface area contributed by atoms with Crippen LogP contribution in [-0.4, -0.2) is 30.8 Å². The van der Waals surface area contributed by atoms with Crippen molar-refractivity contribution in [2.45, 2.75) is 20.4 Å². The summed E-state index contributed by atoms with van der Waals surface area (Å²) in [7, 11) is 0. The first-order chi connectivity index (χ1) is 13.2. The van der Waals surface area contributed by atoms with Gasteiger partial charge in [-0.2, -0.15) is 5.10 Å². The molecule has 2 heterocycles. The fourth-order valence-electron chi connectivity index (χ4n) is 2.61. The Bertz CT molecular complexity index is 1100. The van der Waals surface area contributed by atoms with Gasteiger partial charge >= 0.3 is 5.82 Å². The standard InChI is InChI=1S/C16H13BrClFN6O3/c1-7-13(20-16(26)14-12(17)15(22-21-14)25(27)28)8(2)24(23-7)6-9-3-4-10(19)5-11(9)18/h3-5H,6H2,1-2H3,(H,20,26)(H,21,22). The van der Waals surface area contributed by atoms with Gasteiger partial charge in [-0.15, -0.1) is 5.10 Å². The summed E-state index contributed by atoms with van der Waals surface area (Å²) in [6, 6.07) is 4.08. The van der Waals surface area contributed by atoms with E-state index in [9.17, 15) is 19.3 Å². The molecule has 2 aromatic heterocycles. The Morgan fingerprint density at radius 1 is 1.46 bits per heavy atom. The van der Waals surface area contributed by atoms with Crippen molar-refractivity contribution in [1.82, 2.24) is 20.0 Å². The van der Waals surface area contributed by atoms with E-state index < -0.39 is 22.5 Å². The SMILES string of the molecule is Cc1nn(Cc2ccc(F)cc2Cl)c(C)c1NC(=O)c1n[nH]c([N+](=O)[O-])c1Br. The number of aromatic amines is 1. The largest absolute Gasteiger partial charge is 0.358 e. The summed E-state index contributed by atoms with van der Waals surface area (Å²) >= 11 is 9.07. The van der Waals surface area contributed by atoms with E-state index in [-0.39, 0.29) is 21.7 Å². The third-order valence-electron chi connectivity index (χ3n) is 4.04. The highest BCUT2D eigenvalue weighted by Crippen LogP contribution is 2.28. The van der Waals surface area contributed by atoms with E-state index >= 15 is 0 Å². The van der Waals surface area contributed by atoms with E-state index in [0.717, 1.165) is 0 Å². The fraction of sp³-hybridized carbons (Fsp3) is 0.188. The maximum atomic E-state index is 13.2. The van der Waals surface area contributed by atoms with Gasteiger partial charge in [0.25, 0.3) is 5.91 Å². The molecule has 3 aromatic rings. The second-order valence-corrected chi connectivity index (χ2v) is 7.09. The van der Waals surface area contributed by atoms with E-state index in [0.29, 0.717) is 22.6 Å². The quantitative estimate of drug-likeness (QED) is 0.431. The van der Waals surface area contributed by atoms with E-state index in [1.807, 2.05) is 0 Å². The molecule has 0 unspecified atom stereocenters. The lowest BCUT2D eigenvalue weighted by Gasteiger charge is -2.08. The first-order valence-corrected chi connectivity index (χ1v) is 9.03. The van der Waals surface area contributed by atoms with Crippen molar-refractivity contribution in [2.24, 2.45) is 0 Å². The predicted octanol–water partition coefficient (Wildman–Crippen LogP) is 3.99. The van der Waals surface area contributed by atoms with Crippen LogP contribution >= 0.6 is 27.5 Å². The van der Waals surface area contributed by atoms with Crippen LogP contribution in [0.4, 0.5) is 15.9 Å². The van der Waals surface area contributed by atoms with Crippen molar-refractivity contribution in [3.8, 4) is 0 Å². The summed E-state index contributed by atoms with van der Waals surface area (Å²) in [4.78, 5) is 22.7. The zero-order chi connectivity index (χ0) is 20.6. The summed E-state index contributed by atoms with van der Waals surface area (Å²) in [5, 5.41) is 24.1. The second-order valence-electron chi connectivity index (χ2n) is 5.89. The summed E-state index contributed by atoms with van der Waals surface area (Å²) < 4.78 is 14.8. The molecule has 0 aliphatic rings. The third kappa shape index (κ3) is 3.76. The number of rotatable bonds is 5. The number of amides is 1. The molecule has 0 saturated carbocycles. The van der Waals surface area contributed by atoms with Gasteiger partial charge in [0.05, 0.1) is 23.6 Å². The minimum absolute atomic E-state index is 0.0456. The van der Waals surface area contributed by atoms with Gasteiger partial charge in [0.1, 0.15) is 10.3 Å². The summed E-state index contributed by atoms with van der Waals surface area (Å²) in [5.74, 6) is -1.49. The topological polar surface area (TPSA) is 119 Å². The van der Waals surface area contributed by atoms with Crippen molar-refractivity contribution in [3.63, 3.8) is 0 Å². The minimum atomic E-state index is -0.686. The molecule has 3 rings (SSSR count). The van der Waals surface area contributed by atoms with Crippen molar-refractivity contribution in [2.75, 3.05) is 5.32 Å². The Morgan fingerprint density at radius 3 is 2.79 bits per heavy atom. The van der Waals surface area contributed by atoms with Crippen molar-refractivity contribution < 1.29 is 14.1 Å². The highest BCUT2D eigenvalue weighted by atomic mass is 79.9. The number of benzene rings is 1. The first-order valence-electron chi connectivity index (χ1n) is 7.86. The Labute approximate surface area is 171 Å². The van der Waals surface area contributed by atoms with Crippen LogP contribution in [0.3, 0.4) is 0 Å². The van der Waals surface area contributed by atoms with Gasteiger partial charge in [0.15, 0.2) is 5.69 Å². The molecule has 2 N–H and O–H groups in total. The molecule has 0 radical (unpaired) electrons. The van der Waals surface area contributed by atoms with Crippen molar-refractivity contribution in [1.29, 1.82) is 0 Å². The Balaban J connectivity index is 1.86. The number of carbonyl (C=O) groups is 1. The van der Waals surface area contributed by atoms with Crippen LogP contribution < -0.4 is 5.32 Å². The van der Waals surface area contributed by atoms with Crippen molar-refractivity contribution in [3.05, 3.63) is 66.3 Å². The van der Waals surface area contributed by atoms with Crippen LogP contribution in [0.2, 0.25) is 5.02 Å². The number of H-pyrrole nitrogens is 1. The van der Waals surface area contributed by atoms with E-state index in [2.05, 4.69) is 36.5 Å². The predicted molar refractivity (Wildman–Crippen MR) is 103 cm³/mol. The molecule has 0 atom stereocenters. The number of nitro groups is 1. The highest BCUT2D eigenvalue weighted by molar-refractivity contribution is 9.10. The minimum Gasteiger partial charge on any atom is -0.358 e. The Kier molecular flexibility index (Phi) is 5.47. The average molecular weight is 472 g/mol. The smallest absolute Gasteiger partial charge is 0.357 e. The molecule has 146 valence electrons. The number of aromatic nitrogens is 4. The molecule has 1 amide bonds. The fourth-order valence-corrected chi connectivity index (χ4v) is 3.34. The van der Waals surface area contributed by atoms with Crippen LogP contribution in [0.1, 0.15) is 27.4 Å². The first kappa shape index (κ1) is 20.0. The Hall–Kier alpha value is -2.79. The monoisotopic (exact) mass is 470 g/mol. The number of carbonyl (C=O) groups excluding carboxylic acids is 1. The molecule has 0 saturated heterocycles. The number of nitrogens with one attached hydrogen (secondary N) is 2. The van der Waals surface area contributed by atoms with Gasteiger partial charge in [0.2, 0.25) is 0 Å². The molecule has 1 aromatic carbocycles. The molecule has 28 heavy (non-hydrogen) atoms. The maximum Gasteiger partial charge on any atom is 0.357 e. The van der Waals surface area contributed by atoms with Gasteiger partial charge in [-0.1, -0.05) is 22.8 Å². The molecule has 0 spiro atoms. The zero-order valence-corrected chi connectivity index (χ0v) is 16.9. The highest BCUT2D eigenvalue weighted by Gasteiger charge is 2.26. The number of nitrogens with zero attached hydrogens (tertiary/aromatic N) is 4. The van der Waals surface area contributed by atoms with Gasteiger partial charge in [0, 0.05) is 5.02 Å². The van der Waals surface area contributed by atoms with E-state index in [1.54, 1.807) is 24.6 Å². The van der Waals surface area contributed by atoms with E-state index in [1.165, 1.54) is 12.1 Å². The van der Waals surface area contributed by atoms with Gasteiger partial charge in [-0.3, -0.25) is 9.48 Å². The maximum absolute atomic E-state index is 13.2. The summed E-state index contributed by atoms with van der Waals surface area (Å²) in [5.41, 5.74) is 2.12. The molecule has 12 heteroatoms. The molecular formula is C16H13BrClFN6O3. The second kappa shape index (κ2) is 7.68. The third-order valence-corrected chi connectivity index (χ3v) is 5.15. The lowest BCUT2D eigenvalue weighted by atomic mass is 10.2. The number of hydrogen-bond acceptors (Lipinski definition) is 5. The molecule has 0 aliphatic carbocycles. The Morgan fingerprint density at radius 2 is 2.18 bits per heavy atom. The molecule has 9 nitrogen and oxygen atoms in total. The van der Waals surface area contributed by atoms with Gasteiger partial charge in [-0.05, 0) is 52.4 Å². The lowest BCUT2D eigenvalue weighted by molar-refractivity contribution is -0.390. The van der Waals surface area contributed by atoms with Gasteiger partial charge < -0.3 is 15.4 Å². The van der Waals surface area contributed by atoms with Crippen molar-refractivity contribution >= 4 is 44.9 Å². The number of hydrogen-bond donors (Lipinski definition) is 2. The summed E-state index contributed by atoms with van der Waals surface area (Å²) in [6.45, 7) is 3.72. The van der Waals surface area contributed by atoms with Crippen LogP contribution in [0.15, 0.2) is 22.7 Å². The number of halogens is 3. The normalized spacial score (nSPS) is 10.9. The summed E-state index contributed by atoms with van der Waals surface area (Å²) in [6.07, 6.45) is 0. The van der Waals surface area contributed by atoms with Gasteiger partial charge in [-0.25, -0.2) is 4.39 Å². The molecular weight excluding hydrogens is 459 g/mol. The van der Waals surface area contributed by atoms with E-state index in [4.69, 9.17) is 11.6 Å². The molecule has 0 fully saturated rings. The van der Waals surface area contributed by atoms with Crippen LogP contribution in [0.25, 0.3) is 0 Å². The lowest BCUT2D eigenvalue weighted by Crippen LogP contribution is -2.14. The number of anilines is 1. The van der Waals surface area contributed by atoms with Crippen LogP contribution in [0, 0.1) is 29.8 Å². The molecule has 0 aliphatic heterocycles. The average Bonchev–Trinajstić information content (AvgIpc) is 3.12. The number of aryl methyl sites for hydroxylation is 1. The van der Waals surface area contributed by atoms with Crippen LogP contribution in [0.5, 0.6) is 0 Å². The molecule has 0 bridgehead atoms.